The van der Waals surface area contributed by atoms with Crippen LogP contribution in [0.25, 0.3) is 43.1 Å². The lowest BCUT2D eigenvalue weighted by Crippen LogP contribution is -2.47. The zero-order valence-electron chi connectivity index (χ0n) is 30.3. The number of amides is 4. The van der Waals surface area contributed by atoms with Gasteiger partial charge < -0.3 is 30.2 Å². The van der Waals surface area contributed by atoms with Crippen LogP contribution in [0.1, 0.15) is 41.4 Å². The Bertz CT molecular complexity index is 2380. The SMILES string of the molecule is O=C(O)CN1C(=O)c2ccc3c4c(N5CCN(CCO)CC5)cc5c6c(ccc(c7c(N8CCN(CCO)CC8)cc(c2c37)C1=O)c64)C(=O)N(CC(=O)O)C5=O. The standard InChI is InChI=1S/C40H38N6O10/c47-15-13-41-5-9-43(10-6-41)27-17-26-32-24(38(54)46(40(26)56)20-30(51)52)4-2-22-34-28(44-11-7-42(8-12-44)14-16-48)18-25-31-23(37(53)45(39(25)55)19-29(49)50)3-1-21(35(31)34)33(27)36(22)32/h1-4,17-18,47-48H,5-16,19-20H2,(H,49,50)(H,51,52). The van der Waals surface area contributed by atoms with Gasteiger partial charge in [-0.1, -0.05) is 12.1 Å². The lowest BCUT2D eigenvalue weighted by Gasteiger charge is -2.39. The third-order valence-corrected chi connectivity index (χ3v) is 11.8. The van der Waals surface area contributed by atoms with Crippen molar-refractivity contribution >= 4 is 90.0 Å². The van der Waals surface area contributed by atoms with Crippen LogP contribution in [0.2, 0.25) is 0 Å². The quantitative estimate of drug-likeness (QED) is 0.0902. The summed E-state index contributed by atoms with van der Waals surface area (Å²) < 4.78 is 0. The van der Waals surface area contributed by atoms with E-state index in [9.17, 15) is 49.2 Å². The number of aliphatic hydroxyl groups excluding tert-OH is 2. The third-order valence-electron chi connectivity index (χ3n) is 11.8. The normalized spacial score (nSPS) is 18.2. The fraction of sp³-hybridized carbons (Fsp3) is 0.350. The number of carboxylic acid groups (broad SMARTS) is 2. The molecule has 288 valence electrons. The van der Waals surface area contributed by atoms with Crippen LogP contribution in [0.5, 0.6) is 0 Å². The number of carbonyl (C=O) groups excluding carboxylic acids is 4. The Morgan fingerprint density at radius 1 is 0.482 bits per heavy atom. The van der Waals surface area contributed by atoms with Crippen molar-refractivity contribution in [3.8, 4) is 0 Å². The molecule has 0 atom stereocenters. The average molecular weight is 763 g/mol. The van der Waals surface area contributed by atoms with Crippen molar-refractivity contribution in [1.82, 2.24) is 19.6 Å². The minimum absolute atomic E-state index is 0.00303. The van der Waals surface area contributed by atoms with Gasteiger partial charge in [0.2, 0.25) is 0 Å². The number of piperazine rings is 2. The number of hydrogen-bond donors (Lipinski definition) is 4. The fourth-order valence-corrected chi connectivity index (χ4v) is 9.29. The number of carbonyl (C=O) groups is 6. The Morgan fingerprint density at radius 3 is 1.18 bits per heavy atom. The summed E-state index contributed by atoms with van der Waals surface area (Å²) >= 11 is 0. The van der Waals surface area contributed by atoms with E-state index in [1.54, 1.807) is 36.4 Å². The Labute approximate surface area is 318 Å². The number of carboxylic acids is 2. The molecule has 0 unspecified atom stereocenters. The summed E-state index contributed by atoms with van der Waals surface area (Å²) in [4.78, 5) is 90.2. The van der Waals surface area contributed by atoms with Gasteiger partial charge in [0.05, 0.1) is 24.3 Å². The molecular weight excluding hydrogens is 724 g/mol. The average Bonchev–Trinajstić information content (AvgIpc) is 3.19. The number of β-amino-alcohol motifs (C(OH)–C–C–N with tert-alkyl or cyclic N) is 2. The van der Waals surface area contributed by atoms with E-state index in [1.807, 2.05) is 0 Å². The van der Waals surface area contributed by atoms with Crippen molar-refractivity contribution in [2.24, 2.45) is 0 Å². The number of aliphatic carboxylic acids is 2. The first kappa shape index (κ1) is 35.7. The molecule has 2 fully saturated rings. The maximum absolute atomic E-state index is 14.2. The predicted molar refractivity (Wildman–Crippen MR) is 205 cm³/mol. The molecule has 4 amide bonds. The zero-order chi connectivity index (χ0) is 39.2. The van der Waals surface area contributed by atoms with E-state index in [2.05, 4.69) is 19.6 Å². The van der Waals surface area contributed by atoms with Gasteiger partial charge in [-0.05, 0) is 35.0 Å². The van der Waals surface area contributed by atoms with E-state index < -0.39 is 48.7 Å². The number of fused-ring (bicyclic) bond motifs is 2. The number of benzene rings is 5. The van der Waals surface area contributed by atoms with E-state index in [1.165, 1.54) is 0 Å². The second-order valence-corrected chi connectivity index (χ2v) is 14.7. The minimum atomic E-state index is -1.33. The van der Waals surface area contributed by atoms with Crippen LogP contribution in [-0.2, 0) is 9.59 Å². The highest BCUT2D eigenvalue weighted by Gasteiger charge is 2.40. The van der Waals surface area contributed by atoms with Crippen LogP contribution in [0.15, 0.2) is 36.4 Å². The van der Waals surface area contributed by atoms with Gasteiger partial charge in [-0.25, -0.2) is 0 Å². The second-order valence-electron chi connectivity index (χ2n) is 14.7. The van der Waals surface area contributed by atoms with Crippen molar-refractivity contribution in [3.63, 3.8) is 0 Å². The van der Waals surface area contributed by atoms with Gasteiger partial charge >= 0.3 is 11.9 Å². The number of anilines is 2. The van der Waals surface area contributed by atoms with Gasteiger partial charge in [0, 0.05) is 120 Å². The summed E-state index contributed by atoms with van der Waals surface area (Å²) in [5.74, 6) is -5.55. The van der Waals surface area contributed by atoms with E-state index in [0.29, 0.717) is 120 Å². The van der Waals surface area contributed by atoms with Crippen LogP contribution < -0.4 is 9.80 Å². The second kappa shape index (κ2) is 13.4. The number of aliphatic hydroxyl groups is 2. The fourth-order valence-electron chi connectivity index (χ4n) is 9.29. The number of imide groups is 2. The van der Waals surface area contributed by atoms with Crippen molar-refractivity contribution in [1.29, 1.82) is 0 Å². The Morgan fingerprint density at radius 2 is 0.839 bits per heavy atom. The zero-order valence-corrected chi connectivity index (χ0v) is 30.3. The summed E-state index contributed by atoms with van der Waals surface area (Å²) in [5.41, 5.74) is 2.08. The molecule has 16 heteroatoms. The van der Waals surface area contributed by atoms with Gasteiger partial charge in [-0.15, -0.1) is 0 Å². The van der Waals surface area contributed by atoms with E-state index >= 15 is 0 Å². The largest absolute Gasteiger partial charge is 0.480 e. The molecule has 0 aromatic heterocycles. The van der Waals surface area contributed by atoms with Crippen molar-refractivity contribution in [3.05, 3.63) is 58.7 Å². The molecule has 0 aliphatic carbocycles. The van der Waals surface area contributed by atoms with Gasteiger partial charge in [0.15, 0.2) is 0 Å². The molecule has 4 aliphatic rings. The summed E-state index contributed by atoms with van der Waals surface area (Å²) in [7, 11) is 0. The maximum atomic E-state index is 14.2. The summed E-state index contributed by atoms with van der Waals surface area (Å²) in [5, 5.41) is 43.4. The van der Waals surface area contributed by atoms with E-state index in [0.717, 1.165) is 9.80 Å². The maximum Gasteiger partial charge on any atom is 0.323 e. The number of rotatable bonds is 10. The van der Waals surface area contributed by atoms with Crippen molar-refractivity contribution < 1.29 is 49.2 Å². The smallest absolute Gasteiger partial charge is 0.323 e. The number of hydrogen-bond acceptors (Lipinski definition) is 12. The molecule has 4 heterocycles. The Kier molecular flexibility index (Phi) is 8.53. The van der Waals surface area contributed by atoms with Crippen LogP contribution >= 0.6 is 0 Å². The van der Waals surface area contributed by atoms with Crippen LogP contribution in [-0.4, -0.2) is 167 Å². The van der Waals surface area contributed by atoms with Crippen LogP contribution in [0, 0.1) is 0 Å². The molecule has 9 rings (SSSR count). The first-order chi connectivity index (χ1) is 27.0. The highest BCUT2D eigenvalue weighted by Crippen LogP contribution is 2.52. The molecule has 4 aliphatic heterocycles. The van der Waals surface area contributed by atoms with Gasteiger partial charge in [0.1, 0.15) is 13.1 Å². The van der Waals surface area contributed by atoms with Crippen LogP contribution in [0.3, 0.4) is 0 Å². The minimum Gasteiger partial charge on any atom is -0.480 e. The third kappa shape index (κ3) is 5.27. The molecule has 0 radical (unpaired) electrons. The molecular formula is C40H38N6O10. The molecule has 56 heavy (non-hydrogen) atoms. The molecule has 5 aromatic carbocycles. The highest BCUT2D eigenvalue weighted by atomic mass is 16.4. The van der Waals surface area contributed by atoms with Gasteiger partial charge in [-0.2, -0.15) is 0 Å². The summed E-state index contributed by atoms with van der Waals surface area (Å²) in [6.45, 7) is 3.94. The molecule has 5 aromatic rings. The highest BCUT2D eigenvalue weighted by molar-refractivity contribution is 6.44. The predicted octanol–water partition coefficient (Wildman–Crippen LogP) is 1.33. The van der Waals surface area contributed by atoms with Crippen molar-refractivity contribution in [2.75, 3.05) is 102 Å². The van der Waals surface area contributed by atoms with Crippen molar-refractivity contribution in [2.45, 2.75) is 0 Å². The Balaban J connectivity index is 1.40. The van der Waals surface area contributed by atoms with Crippen LogP contribution in [0.4, 0.5) is 11.4 Å². The lowest BCUT2D eigenvalue weighted by atomic mass is 9.80. The summed E-state index contributed by atoms with van der Waals surface area (Å²) in [6.07, 6.45) is 0. The molecule has 4 N–H and O–H groups in total. The molecule has 0 bridgehead atoms. The first-order valence-corrected chi connectivity index (χ1v) is 18.6. The molecule has 0 spiro atoms. The Hall–Kier alpha value is -5.94. The topological polar surface area (TPSA) is 203 Å². The molecule has 0 saturated carbocycles. The number of nitrogens with zero attached hydrogens (tertiary/aromatic N) is 6. The lowest BCUT2D eigenvalue weighted by molar-refractivity contribution is -0.138. The molecule has 16 nitrogen and oxygen atoms in total. The molecule has 2 saturated heterocycles. The van der Waals surface area contributed by atoms with Gasteiger partial charge in [0.25, 0.3) is 23.6 Å². The summed E-state index contributed by atoms with van der Waals surface area (Å²) in [6, 6.07) is 10.3. The van der Waals surface area contributed by atoms with E-state index in [4.69, 9.17) is 0 Å². The van der Waals surface area contributed by atoms with Gasteiger partial charge in [-0.3, -0.25) is 48.4 Å². The monoisotopic (exact) mass is 762 g/mol. The first-order valence-electron chi connectivity index (χ1n) is 18.6. The van der Waals surface area contributed by atoms with E-state index in [-0.39, 0.29) is 35.5 Å².